The number of aromatic carboxylic acids is 1. The fraction of sp³-hybridized carbons (Fsp3) is 0.375. The minimum atomic E-state index is -1.01. The van der Waals surface area contributed by atoms with Crippen LogP contribution in [0.5, 0.6) is 5.75 Å². The molecule has 1 aromatic heterocycles. The first-order chi connectivity index (χ1) is 11.1. The molecule has 0 amide bonds. The number of hydrogen-bond donors (Lipinski definition) is 2. The standard InChI is InChI=1S/C16H21N3O4/c1-4-23-10-12-7-11(5-6-14(12)22-3)8-17-13-9-18-19(2)15(13)16(20)21/h5-7,9,17H,4,8,10H2,1-3H3,(H,20,21). The maximum atomic E-state index is 11.2. The molecule has 7 heteroatoms. The molecule has 124 valence electrons. The van der Waals surface area contributed by atoms with E-state index in [2.05, 4.69) is 10.4 Å². The zero-order valence-electron chi connectivity index (χ0n) is 13.5. The van der Waals surface area contributed by atoms with Crippen LogP contribution < -0.4 is 10.1 Å². The first-order valence-corrected chi connectivity index (χ1v) is 7.29. The molecule has 0 bridgehead atoms. The van der Waals surface area contributed by atoms with Gasteiger partial charge in [-0.15, -0.1) is 0 Å². The zero-order valence-corrected chi connectivity index (χ0v) is 13.5. The Bertz CT molecular complexity index is 682. The second-order valence-corrected chi connectivity index (χ2v) is 4.97. The van der Waals surface area contributed by atoms with Gasteiger partial charge >= 0.3 is 5.97 Å². The van der Waals surface area contributed by atoms with E-state index in [1.807, 2.05) is 25.1 Å². The Morgan fingerprint density at radius 3 is 2.87 bits per heavy atom. The summed E-state index contributed by atoms with van der Waals surface area (Å²) in [7, 11) is 3.22. The molecule has 1 aromatic carbocycles. The summed E-state index contributed by atoms with van der Waals surface area (Å²) in [6.45, 7) is 3.52. The van der Waals surface area contributed by atoms with Gasteiger partial charge in [0.15, 0.2) is 5.69 Å². The summed E-state index contributed by atoms with van der Waals surface area (Å²) in [5.74, 6) is -0.242. The van der Waals surface area contributed by atoms with Crippen molar-refractivity contribution in [2.24, 2.45) is 7.05 Å². The number of anilines is 1. The predicted molar refractivity (Wildman–Crippen MR) is 85.8 cm³/mol. The topological polar surface area (TPSA) is 85.6 Å². The minimum Gasteiger partial charge on any atom is -0.496 e. The third-order valence-electron chi connectivity index (χ3n) is 3.43. The molecule has 7 nitrogen and oxygen atoms in total. The van der Waals surface area contributed by atoms with E-state index in [0.717, 1.165) is 16.9 Å². The SMILES string of the molecule is CCOCc1cc(CNc2cnn(C)c2C(=O)O)ccc1OC. The van der Waals surface area contributed by atoms with E-state index in [4.69, 9.17) is 9.47 Å². The number of carboxylic acids is 1. The van der Waals surface area contributed by atoms with Crippen LogP contribution >= 0.6 is 0 Å². The highest BCUT2D eigenvalue weighted by Crippen LogP contribution is 2.22. The van der Waals surface area contributed by atoms with Crippen LogP contribution in [0.25, 0.3) is 0 Å². The van der Waals surface area contributed by atoms with Gasteiger partial charge in [0.1, 0.15) is 5.75 Å². The normalized spacial score (nSPS) is 10.6. The summed E-state index contributed by atoms with van der Waals surface area (Å²) in [5, 5.41) is 16.3. The molecule has 0 aliphatic carbocycles. The summed E-state index contributed by atoms with van der Waals surface area (Å²) in [5.41, 5.74) is 2.58. The molecule has 23 heavy (non-hydrogen) atoms. The number of methoxy groups -OCH3 is 1. The van der Waals surface area contributed by atoms with Crippen molar-refractivity contribution >= 4 is 11.7 Å². The van der Waals surface area contributed by atoms with E-state index >= 15 is 0 Å². The maximum absolute atomic E-state index is 11.2. The number of aromatic nitrogens is 2. The molecule has 0 fully saturated rings. The van der Waals surface area contributed by atoms with Crippen molar-refractivity contribution in [3.8, 4) is 5.75 Å². The summed E-state index contributed by atoms with van der Waals surface area (Å²) in [4.78, 5) is 11.2. The Balaban J connectivity index is 2.13. The summed E-state index contributed by atoms with van der Waals surface area (Å²) < 4.78 is 12.1. The molecule has 0 aliphatic rings. The van der Waals surface area contributed by atoms with Gasteiger partial charge in [-0.2, -0.15) is 5.10 Å². The lowest BCUT2D eigenvalue weighted by atomic mass is 10.1. The van der Waals surface area contributed by atoms with Gasteiger partial charge in [-0.25, -0.2) is 4.79 Å². The Hall–Kier alpha value is -2.54. The zero-order chi connectivity index (χ0) is 16.8. The molecule has 0 radical (unpaired) electrons. The third kappa shape index (κ3) is 4.01. The Morgan fingerprint density at radius 2 is 2.22 bits per heavy atom. The summed E-state index contributed by atoms with van der Waals surface area (Å²) >= 11 is 0. The highest BCUT2D eigenvalue weighted by molar-refractivity contribution is 5.92. The van der Waals surface area contributed by atoms with Gasteiger partial charge in [0.2, 0.25) is 0 Å². The molecule has 2 aromatic rings. The van der Waals surface area contributed by atoms with E-state index < -0.39 is 5.97 Å². The van der Waals surface area contributed by atoms with Gasteiger partial charge in [-0.3, -0.25) is 4.68 Å². The number of carboxylic acid groups (broad SMARTS) is 1. The van der Waals surface area contributed by atoms with Crippen molar-refractivity contribution in [2.75, 3.05) is 19.0 Å². The molecule has 1 heterocycles. The van der Waals surface area contributed by atoms with Crippen LogP contribution in [0.3, 0.4) is 0 Å². The molecule has 0 saturated heterocycles. The van der Waals surface area contributed by atoms with Crippen LogP contribution in [-0.2, 0) is 24.9 Å². The molecule has 0 aliphatic heterocycles. The highest BCUT2D eigenvalue weighted by atomic mass is 16.5. The van der Waals surface area contributed by atoms with Gasteiger partial charge in [-0.1, -0.05) is 6.07 Å². The lowest BCUT2D eigenvalue weighted by Crippen LogP contribution is -2.09. The van der Waals surface area contributed by atoms with Crippen molar-refractivity contribution in [3.05, 3.63) is 41.2 Å². The average Bonchev–Trinajstić information content (AvgIpc) is 2.91. The van der Waals surface area contributed by atoms with Crippen LogP contribution in [0.4, 0.5) is 5.69 Å². The van der Waals surface area contributed by atoms with Crippen molar-refractivity contribution in [1.82, 2.24) is 9.78 Å². The number of benzene rings is 1. The number of aryl methyl sites for hydroxylation is 1. The lowest BCUT2D eigenvalue weighted by Gasteiger charge is -2.12. The van der Waals surface area contributed by atoms with Crippen LogP contribution in [0.15, 0.2) is 24.4 Å². The summed E-state index contributed by atoms with van der Waals surface area (Å²) in [6, 6.07) is 5.79. The number of rotatable bonds is 8. The lowest BCUT2D eigenvalue weighted by molar-refractivity contribution is 0.0686. The molecule has 0 atom stereocenters. The van der Waals surface area contributed by atoms with Gasteiger partial charge in [-0.05, 0) is 24.6 Å². The number of ether oxygens (including phenoxy) is 2. The smallest absolute Gasteiger partial charge is 0.356 e. The van der Waals surface area contributed by atoms with Crippen LogP contribution in [-0.4, -0.2) is 34.6 Å². The van der Waals surface area contributed by atoms with E-state index in [1.54, 1.807) is 14.2 Å². The Kier molecular flexibility index (Phi) is 5.59. The second-order valence-electron chi connectivity index (χ2n) is 4.97. The van der Waals surface area contributed by atoms with E-state index in [0.29, 0.717) is 25.4 Å². The number of nitrogens with zero attached hydrogens (tertiary/aromatic N) is 2. The Labute approximate surface area is 134 Å². The second kappa shape index (κ2) is 7.64. The van der Waals surface area contributed by atoms with Crippen LogP contribution in [0, 0.1) is 0 Å². The van der Waals surface area contributed by atoms with Crippen LogP contribution in [0.1, 0.15) is 28.5 Å². The van der Waals surface area contributed by atoms with Crippen molar-refractivity contribution < 1.29 is 19.4 Å². The van der Waals surface area contributed by atoms with E-state index in [1.165, 1.54) is 10.9 Å². The van der Waals surface area contributed by atoms with E-state index in [-0.39, 0.29) is 5.69 Å². The van der Waals surface area contributed by atoms with Gasteiger partial charge < -0.3 is 19.9 Å². The minimum absolute atomic E-state index is 0.132. The van der Waals surface area contributed by atoms with Crippen molar-refractivity contribution in [3.63, 3.8) is 0 Å². The average molecular weight is 319 g/mol. The number of hydrogen-bond acceptors (Lipinski definition) is 5. The first kappa shape index (κ1) is 16.8. The third-order valence-corrected chi connectivity index (χ3v) is 3.43. The first-order valence-electron chi connectivity index (χ1n) is 7.29. The molecule has 2 rings (SSSR count). The number of nitrogens with one attached hydrogen (secondary N) is 1. The Morgan fingerprint density at radius 1 is 1.43 bits per heavy atom. The van der Waals surface area contributed by atoms with Crippen molar-refractivity contribution in [1.29, 1.82) is 0 Å². The van der Waals surface area contributed by atoms with Crippen molar-refractivity contribution in [2.45, 2.75) is 20.1 Å². The maximum Gasteiger partial charge on any atom is 0.356 e. The van der Waals surface area contributed by atoms with E-state index in [9.17, 15) is 9.90 Å². The molecule has 0 unspecified atom stereocenters. The molecular formula is C16H21N3O4. The fourth-order valence-electron chi connectivity index (χ4n) is 2.28. The van der Waals surface area contributed by atoms with Gasteiger partial charge in [0.25, 0.3) is 0 Å². The predicted octanol–water partition coefficient (Wildman–Crippen LogP) is 2.28. The summed E-state index contributed by atoms with van der Waals surface area (Å²) in [6.07, 6.45) is 1.51. The highest BCUT2D eigenvalue weighted by Gasteiger charge is 2.15. The molecule has 2 N–H and O–H groups in total. The quantitative estimate of drug-likeness (QED) is 0.776. The van der Waals surface area contributed by atoms with Gasteiger partial charge in [0.05, 0.1) is 25.6 Å². The molecule has 0 saturated carbocycles. The number of carbonyl (C=O) groups is 1. The fourth-order valence-corrected chi connectivity index (χ4v) is 2.28. The largest absolute Gasteiger partial charge is 0.496 e. The van der Waals surface area contributed by atoms with Gasteiger partial charge in [0, 0.05) is 25.8 Å². The monoisotopic (exact) mass is 319 g/mol. The molecular weight excluding hydrogens is 298 g/mol. The van der Waals surface area contributed by atoms with Crippen LogP contribution in [0.2, 0.25) is 0 Å². The molecule has 0 spiro atoms.